The number of benzene rings is 1. The molecule has 6 nitrogen and oxygen atoms in total. The van der Waals surface area contributed by atoms with Crippen molar-refractivity contribution in [3.8, 4) is 0 Å². The normalized spacial score (nSPS) is 19.5. The predicted octanol–water partition coefficient (Wildman–Crippen LogP) is 3.10. The highest BCUT2D eigenvalue weighted by molar-refractivity contribution is 7.86. The van der Waals surface area contributed by atoms with Crippen molar-refractivity contribution in [1.82, 2.24) is 8.61 Å². The molecule has 1 heterocycles. The van der Waals surface area contributed by atoms with E-state index in [9.17, 15) is 13.2 Å². The maximum Gasteiger partial charge on any atom is 0.281 e. The molecule has 134 valence electrons. The monoisotopic (exact) mass is 413 g/mol. The summed E-state index contributed by atoms with van der Waals surface area (Å²) < 4.78 is 26.9. The van der Waals surface area contributed by atoms with Gasteiger partial charge < -0.3 is 5.32 Å². The molecule has 0 bridgehead atoms. The molecule has 1 aromatic rings. The lowest BCUT2D eigenvalue weighted by molar-refractivity contribution is -0.120. The van der Waals surface area contributed by atoms with Crippen molar-refractivity contribution in [3.63, 3.8) is 0 Å². The fourth-order valence-electron chi connectivity index (χ4n) is 2.45. The third kappa shape index (κ3) is 4.33. The molecule has 24 heavy (non-hydrogen) atoms. The van der Waals surface area contributed by atoms with E-state index < -0.39 is 16.1 Å². The number of hydrogen-bond acceptors (Lipinski definition) is 3. The minimum Gasteiger partial charge on any atom is -0.324 e. The van der Waals surface area contributed by atoms with Crippen LogP contribution < -0.4 is 5.32 Å². The zero-order valence-corrected chi connectivity index (χ0v) is 16.3. The van der Waals surface area contributed by atoms with Crippen LogP contribution in [0.25, 0.3) is 0 Å². The van der Waals surface area contributed by atoms with Crippen LogP contribution in [0, 0.1) is 5.92 Å². The summed E-state index contributed by atoms with van der Waals surface area (Å²) in [5.74, 6) is -0.757. The average Bonchev–Trinajstić information content (AvgIpc) is 2.52. The van der Waals surface area contributed by atoms with Crippen molar-refractivity contribution in [1.29, 1.82) is 0 Å². The summed E-state index contributed by atoms with van der Waals surface area (Å²) in [7, 11) is -0.604. The van der Waals surface area contributed by atoms with Crippen LogP contribution in [0.2, 0.25) is 15.1 Å². The third-order valence-corrected chi connectivity index (χ3v) is 6.75. The van der Waals surface area contributed by atoms with Crippen LogP contribution in [0.15, 0.2) is 12.1 Å². The van der Waals surface area contributed by atoms with Gasteiger partial charge in [0.15, 0.2) is 0 Å². The smallest absolute Gasteiger partial charge is 0.281 e. The van der Waals surface area contributed by atoms with Gasteiger partial charge in [0.25, 0.3) is 10.2 Å². The molecule has 0 aromatic heterocycles. The Kier molecular flexibility index (Phi) is 6.39. The van der Waals surface area contributed by atoms with E-state index in [1.54, 1.807) is 0 Å². The molecule has 0 radical (unpaired) electrons. The second-order valence-corrected chi connectivity index (χ2v) is 9.09. The quantitative estimate of drug-likeness (QED) is 0.770. The zero-order chi connectivity index (χ0) is 18.1. The molecule has 1 amide bonds. The first kappa shape index (κ1) is 19.8. The first-order chi connectivity index (χ1) is 11.1. The van der Waals surface area contributed by atoms with Crippen molar-refractivity contribution < 1.29 is 13.2 Å². The second-order valence-electron chi connectivity index (χ2n) is 5.72. The Bertz CT molecular complexity index is 740. The summed E-state index contributed by atoms with van der Waals surface area (Å²) in [6, 6.07) is 2.92. The molecule has 10 heteroatoms. The van der Waals surface area contributed by atoms with Crippen LogP contribution in [0.1, 0.15) is 12.8 Å². The number of nitrogens with zero attached hydrogens (tertiary/aromatic N) is 2. The summed E-state index contributed by atoms with van der Waals surface area (Å²) in [5.41, 5.74) is 0.351. The van der Waals surface area contributed by atoms with E-state index in [-0.39, 0.29) is 22.5 Å². The Morgan fingerprint density at radius 2 is 1.83 bits per heavy atom. The number of carbonyl (C=O) groups is 1. The minimum atomic E-state index is -3.54. The number of rotatable bonds is 4. The SMILES string of the molecule is CN(C)S(=O)(=O)N1CCC[C@H](C(=O)Nc2cc(Cl)c(Cl)cc2Cl)C1. The molecule has 0 aliphatic carbocycles. The summed E-state index contributed by atoms with van der Waals surface area (Å²) in [6.45, 7) is 0.531. The van der Waals surface area contributed by atoms with Gasteiger partial charge in [-0.1, -0.05) is 34.8 Å². The first-order valence-corrected chi connectivity index (χ1v) is 9.79. The van der Waals surface area contributed by atoms with Gasteiger partial charge in [-0.2, -0.15) is 17.0 Å². The molecule has 0 unspecified atom stereocenters. The van der Waals surface area contributed by atoms with E-state index in [0.29, 0.717) is 30.1 Å². The second kappa shape index (κ2) is 7.76. The highest BCUT2D eigenvalue weighted by atomic mass is 35.5. The fourth-order valence-corrected chi connectivity index (χ4v) is 4.23. The number of amides is 1. The topological polar surface area (TPSA) is 69.7 Å². The van der Waals surface area contributed by atoms with Crippen molar-refractivity contribution in [3.05, 3.63) is 27.2 Å². The van der Waals surface area contributed by atoms with Crippen molar-refractivity contribution in [2.75, 3.05) is 32.5 Å². The molecular formula is C14H18Cl3N3O3S. The standard InChI is InChI=1S/C14H18Cl3N3O3S/c1-19(2)24(22,23)20-5-3-4-9(8-20)14(21)18-13-7-11(16)10(15)6-12(13)17/h6-7,9H,3-5,8H2,1-2H3,(H,18,21)/t9-/m0/s1. The zero-order valence-electron chi connectivity index (χ0n) is 13.2. The lowest BCUT2D eigenvalue weighted by Crippen LogP contribution is -2.47. The molecule has 2 rings (SSSR count). The third-order valence-electron chi connectivity index (χ3n) is 3.81. The molecule has 1 aliphatic heterocycles. The molecule has 1 aromatic carbocycles. The number of carbonyl (C=O) groups excluding carboxylic acids is 1. The lowest BCUT2D eigenvalue weighted by Gasteiger charge is -2.32. The van der Waals surface area contributed by atoms with Gasteiger partial charge in [0.05, 0.1) is 26.7 Å². The molecule has 0 saturated carbocycles. The summed E-state index contributed by atoms with van der Waals surface area (Å²) in [4.78, 5) is 12.5. The molecule has 1 atom stereocenters. The van der Waals surface area contributed by atoms with Crippen LogP contribution >= 0.6 is 34.8 Å². The number of hydrogen-bond donors (Lipinski definition) is 1. The van der Waals surface area contributed by atoms with E-state index in [1.807, 2.05) is 0 Å². The van der Waals surface area contributed by atoms with Crippen LogP contribution in [-0.2, 0) is 15.0 Å². The maximum atomic E-state index is 12.5. The number of anilines is 1. The van der Waals surface area contributed by atoms with E-state index in [1.165, 1.54) is 30.5 Å². The van der Waals surface area contributed by atoms with Crippen molar-refractivity contribution in [2.24, 2.45) is 5.92 Å². The minimum absolute atomic E-state index is 0.130. The van der Waals surface area contributed by atoms with E-state index in [4.69, 9.17) is 34.8 Å². The number of nitrogens with one attached hydrogen (secondary N) is 1. The molecule has 1 saturated heterocycles. The van der Waals surface area contributed by atoms with E-state index in [0.717, 1.165) is 4.31 Å². The van der Waals surface area contributed by atoms with Gasteiger partial charge in [-0.15, -0.1) is 0 Å². The molecule has 1 N–H and O–H groups in total. The Morgan fingerprint density at radius 1 is 1.21 bits per heavy atom. The van der Waals surface area contributed by atoms with Crippen LogP contribution in [0.3, 0.4) is 0 Å². The Morgan fingerprint density at radius 3 is 2.46 bits per heavy atom. The largest absolute Gasteiger partial charge is 0.324 e. The lowest BCUT2D eigenvalue weighted by atomic mass is 9.99. The average molecular weight is 415 g/mol. The predicted molar refractivity (Wildman–Crippen MR) is 97.0 cm³/mol. The highest BCUT2D eigenvalue weighted by Gasteiger charge is 2.33. The highest BCUT2D eigenvalue weighted by Crippen LogP contribution is 2.33. The summed E-state index contributed by atoms with van der Waals surface area (Å²) in [5, 5.41) is 3.54. The van der Waals surface area contributed by atoms with Gasteiger partial charge in [0, 0.05) is 27.2 Å². The van der Waals surface area contributed by atoms with Gasteiger partial charge in [-0.25, -0.2) is 0 Å². The van der Waals surface area contributed by atoms with Gasteiger partial charge in [0.2, 0.25) is 5.91 Å². The Balaban J connectivity index is 2.12. The summed E-state index contributed by atoms with van der Waals surface area (Å²) >= 11 is 17.9. The first-order valence-electron chi connectivity index (χ1n) is 7.26. The summed E-state index contributed by atoms with van der Waals surface area (Å²) in [6.07, 6.45) is 1.21. The number of piperidine rings is 1. The van der Waals surface area contributed by atoms with Gasteiger partial charge in [0.1, 0.15) is 0 Å². The van der Waals surface area contributed by atoms with Crippen molar-refractivity contribution in [2.45, 2.75) is 12.8 Å². The van der Waals surface area contributed by atoms with Crippen LogP contribution in [0.4, 0.5) is 5.69 Å². The molecule has 1 aliphatic rings. The van der Waals surface area contributed by atoms with Crippen molar-refractivity contribution >= 4 is 56.6 Å². The van der Waals surface area contributed by atoms with Gasteiger partial charge in [-0.3, -0.25) is 4.79 Å². The maximum absolute atomic E-state index is 12.5. The fraction of sp³-hybridized carbons (Fsp3) is 0.500. The van der Waals surface area contributed by atoms with E-state index in [2.05, 4.69) is 5.32 Å². The number of halogens is 3. The molecular weight excluding hydrogens is 397 g/mol. The Labute approximate surface area is 156 Å². The van der Waals surface area contributed by atoms with Gasteiger partial charge in [-0.05, 0) is 25.0 Å². The van der Waals surface area contributed by atoms with Crippen LogP contribution in [-0.4, -0.2) is 50.1 Å². The Hall–Kier alpha value is -0.570. The van der Waals surface area contributed by atoms with Gasteiger partial charge >= 0.3 is 0 Å². The van der Waals surface area contributed by atoms with E-state index >= 15 is 0 Å². The molecule has 0 spiro atoms. The molecule has 1 fully saturated rings. The van der Waals surface area contributed by atoms with Crippen LogP contribution in [0.5, 0.6) is 0 Å².